The van der Waals surface area contributed by atoms with E-state index in [0.29, 0.717) is 0 Å². The van der Waals surface area contributed by atoms with Crippen LogP contribution in [0.25, 0.3) is 0 Å². The summed E-state index contributed by atoms with van der Waals surface area (Å²) in [5.41, 5.74) is 0. The van der Waals surface area contributed by atoms with Crippen LogP contribution in [0.4, 0.5) is 0 Å². The average Bonchev–Trinajstić information content (AvgIpc) is 2.25. The van der Waals surface area contributed by atoms with Gasteiger partial charge in [-0.05, 0) is 0 Å². The van der Waals surface area contributed by atoms with Crippen LogP contribution in [0.3, 0.4) is 0 Å². The molecule has 0 saturated carbocycles. The van der Waals surface area contributed by atoms with E-state index >= 15 is 0 Å². The zero-order chi connectivity index (χ0) is 7.68. The van der Waals surface area contributed by atoms with Gasteiger partial charge in [0.2, 0.25) is 0 Å². The first-order chi connectivity index (χ1) is 5.38. The number of nitrogens with zero attached hydrogens (tertiary/aromatic N) is 3. The Morgan fingerprint density at radius 3 is 3.18 bits per heavy atom. The predicted molar refractivity (Wildman–Crippen MR) is 47.3 cm³/mol. The molecule has 1 aliphatic rings. The third kappa shape index (κ3) is 1.39. The zero-order valence-electron chi connectivity index (χ0n) is 5.96. The number of hydrogen-bond donors (Lipinski definition) is 0. The molecule has 0 unspecified atom stereocenters. The summed E-state index contributed by atoms with van der Waals surface area (Å²) in [5, 5.41) is 8.03. The Hall–Kier alpha value is -0.170. The zero-order valence-corrected chi connectivity index (χ0v) is 8.11. The predicted octanol–water partition coefficient (Wildman–Crippen LogP) is 0.455. The fourth-order valence-corrected chi connectivity index (χ4v) is 1.77. The molecule has 1 aliphatic heterocycles. The largest absolute Gasteiger partial charge is 0.379 e. The summed E-state index contributed by atoms with van der Waals surface area (Å²) in [6.45, 7) is 2.44. The van der Waals surface area contributed by atoms with Crippen LogP contribution >= 0.6 is 22.6 Å². The van der Waals surface area contributed by atoms with Gasteiger partial charge in [-0.1, -0.05) is 0 Å². The van der Waals surface area contributed by atoms with E-state index < -0.39 is 0 Å². The Balaban J connectivity index is 2.35. The SMILES string of the molecule is Ic1nnc2n1CCOCC2. The third-order valence-electron chi connectivity index (χ3n) is 1.71. The smallest absolute Gasteiger partial charge is 0.194 e. The van der Waals surface area contributed by atoms with Crippen molar-refractivity contribution in [2.24, 2.45) is 0 Å². The number of ether oxygens (including phenoxy) is 1. The monoisotopic (exact) mass is 265 g/mol. The number of hydrogen-bond acceptors (Lipinski definition) is 3. The molecule has 0 fully saturated rings. The van der Waals surface area contributed by atoms with Gasteiger partial charge in [0, 0.05) is 35.6 Å². The van der Waals surface area contributed by atoms with Gasteiger partial charge in [0.25, 0.3) is 0 Å². The summed E-state index contributed by atoms with van der Waals surface area (Å²) >= 11 is 2.19. The van der Waals surface area contributed by atoms with Gasteiger partial charge >= 0.3 is 0 Å². The molecule has 5 heteroatoms. The van der Waals surface area contributed by atoms with E-state index in [-0.39, 0.29) is 0 Å². The van der Waals surface area contributed by atoms with E-state index in [4.69, 9.17) is 4.74 Å². The minimum absolute atomic E-state index is 0.773. The van der Waals surface area contributed by atoms with Gasteiger partial charge in [-0.15, -0.1) is 10.2 Å². The first-order valence-corrected chi connectivity index (χ1v) is 4.61. The third-order valence-corrected chi connectivity index (χ3v) is 2.51. The maximum absolute atomic E-state index is 5.30. The summed E-state index contributed by atoms with van der Waals surface area (Å²) in [5.74, 6) is 1.05. The summed E-state index contributed by atoms with van der Waals surface area (Å²) in [7, 11) is 0. The molecule has 0 spiro atoms. The minimum atomic E-state index is 0.773. The number of fused-ring (bicyclic) bond motifs is 1. The summed E-state index contributed by atoms with van der Waals surface area (Å²) in [4.78, 5) is 0. The quantitative estimate of drug-likeness (QED) is 0.640. The van der Waals surface area contributed by atoms with Crippen LogP contribution in [0.15, 0.2) is 0 Å². The molecule has 60 valence electrons. The first-order valence-electron chi connectivity index (χ1n) is 3.53. The van der Waals surface area contributed by atoms with E-state index in [1.54, 1.807) is 0 Å². The highest BCUT2D eigenvalue weighted by Gasteiger charge is 2.11. The second-order valence-electron chi connectivity index (χ2n) is 2.40. The van der Waals surface area contributed by atoms with Crippen molar-refractivity contribution in [3.8, 4) is 0 Å². The van der Waals surface area contributed by atoms with Crippen molar-refractivity contribution in [2.45, 2.75) is 13.0 Å². The molecule has 0 N–H and O–H groups in total. The van der Waals surface area contributed by atoms with E-state index in [9.17, 15) is 0 Å². The molecular formula is C6H8IN3O. The number of halogens is 1. The van der Waals surface area contributed by atoms with Crippen LogP contribution < -0.4 is 0 Å². The van der Waals surface area contributed by atoms with E-state index in [1.807, 2.05) is 0 Å². The Morgan fingerprint density at radius 2 is 2.27 bits per heavy atom. The number of rotatable bonds is 0. The van der Waals surface area contributed by atoms with Crippen LogP contribution in [0.5, 0.6) is 0 Å². The minimum Gasteiger partial charge on any atom is -0.379 e. The van der Waals surface area contributed by atoms with Crippen LogP contribution in [-0.4, -0.2) is 28.0 Å². The standard InChI is InChI=1S/C6H8IN3O/c7-6-9-8-5-1-3-11-4-2-10(5)6/h1-4H2. The van der Waals surface area contributed by atoms with Gasteiger partial charge in [0.1, 0.15) is 5.82 Å². The molecule has 0 amide bonds. The van der Waals surface area contributed by atoms with Gasteiger partial charge < -0.3 is 9.30 Å². The molecule has 0 aromatic carbocycles. The molecule has 0 saturated heterocycles. The molecule has 11 heavy (non-hydrogen) atoms. The normalized spacial score (nSPS) is 17.5. The second-order valence-corrected chi connectivity index (χ2v) is 3.36. The molecule has 2 heterocycles. The van der Waals surface area contributed by atoms with Crippen LogP contribution in [-0.2, 0) is 17.7 Å². The molecule has 0 aliphatic carbocycles. The van der Waals surface area contributed by atoms with Crippen molar-refractivity contribution in [3.63, 3.8) is 0 Å². The van der Waals surface area contributed by atoms with Gasteiger partial charge in [0.15, 0.2) is 3.83 Å². The molecule has 1 aromatic heterocycles. The number of aromatic nitrogens is 3. The van der Waals surface area contributed by atoms with E-state index in [2.05, 4.69) is 37.4 Å². The van der Waals surface area contributed by atoms with Crippen molar-refractivity contribution < 1.29 is 4.74 Å². The van der Waals surface area contributed by atoms with Crippen molar-refractivity contribution in [1.29, 1.82) is 0 Å². The van der Waals surface area contributed by atoms with Gasteiger partial charge in [-0.2, -0.15) is 0 Å². The Bertz CT molecular complexity index is 260. The molecule has 0 radical (unpaired) electrons. The maximum atomic E-state index is 5.30. The van der Waals surface area contributed by atoms with Crippen LogP contribution in [0, 0.1) is 3.83 Å². The summed E-state index contributed by atoms with van der Waals surface area (Å²) in [6, 6.07) is 0. The lowest BCUT2D eigenvalue weighted by Crippen LogP contribution is -2.05. The van der Waals surface area contributed by atoms with E-state index in [1.165, 1.54) is 0 Å². The van der Waals surface area contributed by atoms with Crippen molar-refractivity contribution >= 4 is 22.6 Å². The van der Waals surface area contributed by atoms with E-state index in [0.717, 1.165) is 35.8 Å². The van der Waals surface area contributed by atoms with Gasteiger partial charge in [-0.3, -0.25) is 0 Å². The summed E-state index contributed by atoms with van der Waals surface area (Å²) < 4.78 is 8.36. The first kappa shape index (κ1) is 7.48. The van der Waals surface area contributed by atoms with Crippen LogP contribution in [0.1, 0.15) is 5.82 Å². The molecule has 1 aromatic rings. The highest BCUT2D eigenvalue weighted by molar-refractivity contribution is 14.1. The second kappa shape index (κ2) is 3.06. The van der Waals surface area contributed by atoms with Gasteiger partial charge in [-0.25, -0.2) is 0 Å². The molecule has 2 rings (SSSR count). The summed E-state index contributed by atoms with van der Waals surface area (Å²) in [6.07, 6.45) is 0.885. The topological polar surface area (TPSA) is 39.9 Å². The van der Waals surface area contributed by atoms with Crippen molar-refractivity contribution in [1.82, 2.24) is 14.8 Å². The molecule has 0 bridgehead atoms. The lowest BCUT2D eigenvalue weighted by atomic mass is 10.4. The highest BCUT2D eigenvalue weighted by atomic mass is 127. The Kier molecular flexibility index (Phi) is 2.08. The molecule has 0 atom stereocenters. The Morgan fingerprint density at radius 1 is 1.36 bits per heavy atom. The maximum Gasteiger partial charge on any atom is 0.194 e. The highest BCUT2D eigenvalue weighted by Crippen LogP contribution is 2.08. The van der Waals surface area contributed by atoms with Crippen LogP contribution in [0.2, 0.25) is 0 Å². The van der Waals surface area contributed by atoms with Crippen molar-refractivity contribution in [3.05, 3.63) is 9.66 Å². The molecule has 4 nitrogen and oxygen atoms in total. The Labute approximate surface area is 78.1 Å². The van der Waals surface area contributed by atoms with Gasteiger partial charge in [0.05, 0.1) is 13.2 Å². The lowest BCUT2D eigenvalue weighted by molar-refractivity contribution is 0.139. The fourth-order valence-electron chi connectivity index (χ4n) is 1.14. The average molecular weight is 265 g/mol. The molecular weight excluding hydrogens is 257 g/mol. The van der Waals surface area contributed by atoms with Crippen molar-refractivity contribution in [2.75, 3.05) is 13.2 Å². The fraction of sp³-hybridized carbons (Fsp3) is 0.667. The lowest BCUT2D eigenvalue weighted by Gasteiger charge is -1.99.